The second-order valence-corrected chi connectivity index (χ2v) is 4.28. The lowest BCUT2D eigenvalue weighted by Crippen LogP contribution is -2.23. The van der Waals surface area contributed by atoms with Gasteiger partial charge >= 0.3 is 0 Å². The zero-order chi connectivity index (χ0) is 7.07. The molecule has 0 aromatic carbocycles. The predicted molar refractivity (Wildman–Crippen MR) is 43.8 cm³/mol. The zero-order valence-corrected chi connectivity index (χ0v) is 7.06. The zero-order valence-electron chi connectivity index (χ0n) is 5.43. The van der Waals surface area contributed by atoms with E-state index >= 15 is 0 Å². The molecule has 1 fully saturated rings. The summed E-state index contributed by atoms with van der Waals surface area (Å²) in [6, 6.07) is 0. The van der Waals surface area contributed by atoms with Crippen LogP contribution in [-0.2, 0) is 4.79 Å². The van der Waals surface area contributed by atoms with E-state index in [4.69, 9.17) is 12.2 Å². The Kier molecular flexibility index (Phi) is 1.65. The van der Waals surface area contributed by atoms with Gasteiger partial charge in [0.25, 0.3) is 0 Å². The number of thiocarbonyl (C=S) groups is 1. The molecule has 50 valence electrons. The second kappa shape index (κ2) is 2.06. The van der Waals surface area contributed by atoms with Crippen LogP contribution in [0.4, 0.5) is 0 Å². The van der Waals surface area contributed by atoms with Crippen molar-refractivity contribution in [3.8, 4) is 0 Å². The van der Waals surface area contributed by atoms with Gasteiger partial charge in [0.1, 0.15) is 0 Å². The van der Waals surface area contributed by atoms with Crippen molar-refractivity contribution in [1.82, 2.24) is 0 Å². The Morgan fingerprint density at radius 1 is 1.67 bits per heavy atom. The first-order chi connectivity index (χ1) is 4.05. The Balaban J connectivity index is 2.91. The lowest BCUT2D eigenvalue weighted by Gasteiger charge is -2.12. The fraction of sp³-hybridized carbons (Fsp3) is 0.667. The van der Waals surface area contributed by atoms with Gasteiger partial charge in [0.2, 0.25) is 0 Å². The number of thioether (sulfide) groups is 1. The van der Waals surface area contributed by atoms with Crippen molar-refractivity contribution in [3.05, 3.63) is 0 Å². The molecule has 0 atom stereocenters. The smallest absolute Gasteiger partial charge is 0.154 e. The second-order valence-electron chi connectivity index (χ2n) is 2.62. The van der Waals surface area contributed by atoms with E-state index in [9.17, 15) is 4.79 Å². The van der Waals surface area contributed by atoms with Gasteiger partial charge in [-0.25, -0.2) is 0 Å². The molecule has 3 heteroatoms. The molecule has 9 heavy (non-hydrogen) atoms. The van der Waals surface area contributed by atoms with Gasteiger partial charge in [0.05, 0.1) is 15.4 Å². The summed E-state index contributed by atoms with van der Waals surface area (Å²) >= 11 is 6.47. The molecular weight excluding hydrogens is 152 g/mol. The van der Waals surface area contributed by atoms with Crippen molar-refractivity contribution >= 4 is 34.0 Å². The van der Waals surface area contributed by atoms with Crippen molar-refractivity contribution in [2.75, 3.05) is 5.75 Å². The van der Waals surface area contributed by atoms with Crippen molar-refractivity contribution in [1.29, 1.82) is 0 Å². The molecule has 0 amide bonds. The van der Waals surface area contributed by atoms with E-state index in [1.54, 1.807) is 0 Å². The summed E-state index contributed by atoms with van der Waals surface area (Å²) in [6.07, 6.45) is 0. The Bertz CT molecular complexity index is 154. The molecule has 1 aliphatic rings. The molecule has 0 spiro atoms. The molecule has 1 nitrogen and oxygen atoms in total. The van der Waals surface area contributed by atoms with Crippen molar-refractivity contribution in [2.45, 2.75) is 13.8 Å². The average molecular weight is 160 g/mol. The van der Waals surface area contributed by atoms with Crippen LogP contribution < -0.4 is 0 Å². The normalized spacial score (nSPS) is 25.1. The Labute approximate surface area is 64.2 Å². The third-order valence-corrected chi connectivity index (χ3v) is 3.58. The summed E-state index contributed by atoms with van der Waals surface area (Å²) in [4.78, 5) is 11.0. The topological polar surface area (TPSA) is 17.1 Å². The monoisotopic (exact) mass is 160 g/mol. The van der Waals surface area contributed by atoms with Crippen LogP contribution in [0.25, 0.3) is 0 Å². The van der Waals surface area contributed by atoms with Crippen molar-refractivity contribution in [3.63, 3.8) is 0 Å². The lowest BCUT2D eigenvalue weighted by atomic mass is 9.92. The van der Waals surface area contributed by atoms with Crippen LogP contribution in [0.5, 0.6) is 0 Å². The first-order valence-electron chi connectivity index (χ1n) is 2.75. The highest BCUT2D eigenvalue weighted by molar-refractivity contribution is 8.24. The summed E-state index contributed by atoms with van der Waals surface area (Å²) in [5, 5.41) is 0. The van der Waals surface area contributed by atoms with E-state index in [0.29, 0.717) is 5.75 Å². The minimum absolute atomic E-state index is 0.262. The summed E-state index contributed by atoms with van der Waals surface area (Å²) in [5.41, 5.74) is -0.333. The molecule has 0 saturated carbocycles. The molecule has 0 aliphatic carbocycles. The maximum absolute atomic E-state index is 11.0. The number of carbonyl (C=O) groups is 1. The SMILES string of the molecule is CC1(C)C(=O)CSC1=S. The molecule has 0 aromatic rings. The molecule has 0 N–H and O–H groups in total. The third-order valence-electron chi connectivity index (χ3n) is 1.54. The fourth-order valence-corrected chi connectivity index (χ4v) is 1.99. The van der Waals surface area contributed by atoms with E-state index < -0.39 is 0 Å². The minimum Gasteiger partial charge on any atom is -0.298 e. The quantitative estimate of drug-likeness (QED) is 0.502. The standard InChI is InChI=1S/C6H8OS2/c1-6(2)4(7)3-9-5(6)8/h3H2,1-2H3. The lowest BCUT2D eigenvalue weighted by molar-refractivity contribution is -0.120. The van der Waals surface area contributed by atoms with Crippen LogP contribution >= 0.6 is 24.0 Å². The number of ketones is 1. The van der Waals surface area contributed by atoms with Gasteiger partial charge in [-0.05, 0) is 13.8 Å². The van der Waals surface area contributed by atoms with Crippen LogP contribution in [0.1, 0.15) is 13.8 Å². The third kappa shape index (κ3) is 1.03. The molecule has 1 heterocycles. The first kappa shape index (κ1) is 7.22. The van der Waals surface area contributed by atoms with E-state index in [1.165, 1.54) is 11.8 Å². The highest BCUT2D eigenvalue weighted by atomic mass is 32.2. The summed E-state index contributed by atoms with van der Waals surface area (Å²) in [5.74, 6) is 0.837. The first-order valence-corrected chi connectivity index (χ1v) is 4.15. The molecule has 1 saturated heterocycles. The molecule has 0 radical (unpaired) electrons. The van der Waals surface area contributed by atoms with Crippen LogP contribution in [0.3, 0.4) is 0 Å². The average Bonchev–Trinajstić information content (AvgIpc) is 1.96. The summed E-state index contributed by atoms with van der Waals surface area (Å²) in [6.45, 7) is 3.77. The van der Waals surface area contributed by atoms with Gasteiger partial charge in [-0.1, -0.05) is 12.2 Å². The predicted octanol–water partition coefficient (Wildman–Crippen LogP) is 1.66. The van der Waals surface area contributed by atoms with Crippen molar-refractivity contribution < 1.29 is 4.79 Å². The Hall–Kier alpha value is 0.110. The van der Waals surface area contributed by atoms with E-state index in [-0.39, 0.29) is 11.2 Å². The molecule has 1 aliphatic heterocycles. The number of Topliss-reactive ketones (excluding diaryl/α,β-unsaturated/α-hetero) is 1. The van der Waals surface area contributed by atoms with E-state index in [1.807, 2.05) is 13.8 Å². The summed E-state index contributed by atoms with van der Waals surface area (Å²) < 4.78 is 0.840. The number of rotatable bonds is 0. The van der Waals surface area contributed by atoms with E-state index in [0.717, 1.165) is 4.20 Å². The van der Waals surface area contributed by atoms with Gasteiger partial charge < -0.3 is 0 Å². The largest absolute Gasteiger partial charge is 0.298 e. The molecule has 0 bridgehead atoms. The number of hydrogen-bond donors (Lipinski definition) is 0. The molecule has 0 unspecified atom stereocenters. The van der Waals surface area contributed by atoms with Gasteiger partial charge in [0.15, 0.2) is 5.78 Å². The molecule has 0 aromatic heterocycles. The van der Waals surface area contributed by atoms with E-state index in [2.05, 4.69) is 0 Å². The fourth-order valence-electron chi connectivity index (χ4n) is 0.606. The minimum atomic E-state index is -0.333. The van der Waals surface area contributed by atoms with Crippen LogP contribution in [0.2, 0.25) is 0 Å². The maximum atomic E-state index is 11.0. The van der Waals surface area contributed by atoms with Gasteiger partial charge in [0, 0.05) is 0 Å². The highest BCUT2D eigenvalue weighted by Crippen LogP contribution is 2.34. The van der Waals surface area contributed by atoms with Crippen molar-refractivity contribution in [2.24, 2.45) is 5.41 Å². The highest BCUT2D eigenvalue weighted by Gasteiger charge is 2.38. The van der Waals surface area contributed by atoms with Gasteiger partial charge in [-0.15, -0.1) is 11.8 Å². The Morgan fingerprint density at radius 2 is 2.22 bits per heavy atom. The number of carbonyl (C=O) groups excluding carboxylic acids is 1. The van der Waals surface area contributed by atoms with Gasteiger partial charge in [-0.2, -0.15) is 0 Å². The summed E-state index contributed by atoms with van der Waals surface area (Å²) in [7, 11) is 0. The molecular formula is C6H8OS2. The number of hydrogen-bond acceptors (Lipinski definition) is 3. The van der Waals surface area contributed by atoms with Crippen LogP contribution in [0.15, 0.2) is 0 Å². The van der Waals surface area contributed by atoms with Crippen LogP contribution in [-0.4, -0.2) is 15.7 Å². The Morgan fingerprint density at radius 3 is 2.33 bits per heavy atom. The van der Waals surface area contributed by atoms with Gasteiger partial charge in [-0.3, -0.25) is 4.79 Å². The van der Waals surface area contributed by atoms with Crippen LogP contribution in [0, 0.1) is 5.41 Å². The maximum Gasteiger partial charge on any atom is 0.154 e. The molecule has 1 rings (SSSR count).